The summed E-state index contributed by atoms with van der Waals surface area (Å²) in [5.41, 5.74) is 3.52. The number of hydrogen-bond donors (Lipinski definition) is 2. The van der Waals surface area contributed by atoms with Crippen molar-refractivity contribution in [2.45, 2.75) is 20.5 Å². The van der Waals surface area contributed by atoms with E-state index in [1.54, 1.807) is 0 Å². The molecule has 0 saturated carbocycles. The van der Waals surface area contributed by atoms with E-state index in [1.807, 2.05) is 32.0 Å². The zero-order valence-corrected chi connectivity index (χ0v) is 11.2. The predicted octanol–water partition coefficient (Wildman–Crippen LogP) is 3.26. The number of aromatic amines is 1. The molecule has 92 valence electrons. The molecule has 1 aromatic carbocycles. The van der Waals surface area contributed by atoms with Gasteiger partial charge in [0.05, 0.1) is 12.3 Å². The lowest BCUT2D eigenvalue weighted by Gasteiger charge is -2.00. The van der Waals surface area contributed by atoms with E-state index >= 15 is 0 Å². The first kappa shape index (κ1) is 14.0. The molecule has 2 rings (SSSR count). The highest BCUT2D eigenvalue weighted by molar-refractivity contribution is 6.31. The van der Waals surface area contributed by atoms with E-state index in [9.17, 15) is 0 Å². The molecule has 1 heterocycles. The number of aliphatic hydroxyl groups excluding tert-OH is 1. The maximum atomic E-state index is 9.07. The number of hydrogen-bond acceptors (Lipinski definition) is 2. The molecular weight excluding hydrogens is 259 g/mol. The molecule has 0 atom stereocenters. The zero-order chi connectivity index (χ0) is 11.7. The molecule has 0 spiro atoms. The van der Waals surface area contributed by atoms with E-state index in [0.717, 1.165) is 27.7 Å². The van der Waals surface area contributed by atoms with Crippen molar-refractivity contribution < 1.29 is 5.11 Å². The van der Waals surface area contributed by atoms with Crippen LogP contribution in [0.25, 0.3) is 11.4 Å². The van der Waals surface area contributed by atoms with E-state index in [-0.39, 0.29) is 19.0 Å². The smallest absolute Gasteiger partial charge is 0.137 e. The Labute approximate surface area is 111 Å². The van der Waals surface area contributed by atoms with Crippen LogP contribution in [0.15, 0.2) is 18.2 Å². The van der Waals surface area contributed by atoms with Crippen molar-refractivity contribution in [2.75, 3.05) is 0 Å². The highest BCUT2D eigenvalue weighted by atomic mass is 35.5. The van der Waals surface area contributed by atoms with Gasteiger partial charge in [-0.25, -0.2) is 4.98 Å². The van der Waals surface area contributed by atoms with Crippen LogP contribution in [0.5, 0.6) is 0 Å². The molecule has 3 nitrogen and oxygen atoms in total. The van der Waals surface area contributed by atoms with Crippen LogP contribution in [0.3, 0.4) is 0 Å². The topological polar surface area (TPSA) is 48.9 Å². The van der Waals surface area contributed by atoms with Crippen molar-refractivity contribution >= 4 is 24.0 Å². The SMILES string of the molecule is Cc1ccc(-c2nc(CO)c(C)[nH]2)cc1Cl.Cl. The molecule has 0 radical (unpaired) electrons. The first-order valence-electron chi connectivity index (χ1n) is 5.04. The third-order valence-electron chi connectivity index (χ3n) is 2.58. The van der Waals surface area contributed by atoms with Crippen LogP contribution >= 0.6 is 24.0 Å². The van der Waals surface area contributed by atoms with Crippen LogP contribution in [0.1, 0.15) is 17.0 Å². The number of benzene rings is 1. The molecule has 0 saturated heterocycles. The molecule has 2 N–H and O–H groups in total. The third kappa shape index (κ3) is 2.80. The summed E-state index contributed by atoms with van der Waals surface area (Å²) >= 11 is 6.05. The minimum absolute atomic E-state index is 0. The van der Waals surface area contributed by atoms with Gasteiger partial charge in [0, 0.05) is 16.3 Å². The van der Waals surface area contributed by atoms with Crippen LogP contribution < -0.4 is 0 Å². The van der Waals surface area contributed by atoms with Crippen molar-refractivity contribution in [3.8, 4) is 11.4 Å². The van der Waals surface area contributed by atoms with E-state index in [4.69, 9.17) is 16.7 Å². The van der Waals surface area contributed by atoms with Crippen molar-refractivity contribution in [3.05, 3.63) is 40.2 Å². The van der Waals surface area contributed by atoms with Gasteiger partial charge in [-0.15, -0.1) is 12.4 Å². The second-order valence-electron chi connectivity index (χ2n) is 3.78. The standard InChI is InChI=1S/C12H13ClN2O.ClH/c1-7-3-4-9(5-10(7)13)12-14-8(2)11(6-16)15-12;/h3-5,16H,6H2,1-2H3,(H,14,15);1H. The summed E-state index contributed by atoms with van der Waals surface area (Å²) < 4.78 is 0. The van der Waals surface area contributed by atoms with E-state index in [2.05, 4.69) is 9.97 Å². The van der Waals surface area contributed by atoms with Gasteiger partial charge in [-0.1, -0.05) is 23.7 Å². The monoisotopic (exact) mass is 272 g/mol. The van der Waals surface area contributed by atoms with Gasteiger partial charge in [0.2, 0.25) is 0 Å². The summed E-state index contributed by atoms with van der Waals surface area (Å²) in [6, 6.07) is 5.78. The number of nitrogens with zero attached hydrogens (tertiary/aromatic N) is 1. The van der Waals surface area contributed by atoms with Crippen LogP contribution in [-0.2, 0) is 6.61 Å². The molecule has 2 aromatic rings. The largest absolute Gasteiger partial charge is 0.390 e. The Morgan fingerprint density at radius 2 is 2.06 bits per heavy atom. The fourth-order valence-corrected chi connectivity index (χ4v) is 1.71. The molecule has 0 amide bonds. The predicted molar refractivity (Wildman–Crippen MR) is 71.7 cm³/mol. The maximum Gasteiger partial charge on any atom is 0.137 e. The van der Waals surface area contributed by atoms with Crippen molar-refractivity contribution in [1.29, 1.82) is 0 Å². The van der Waals surface area contributed by atoms with Gasteiger partial charge in [0.1, 0.15) is 5.82 Å². The third-order valence-corrected chi connectivity index (χ3v) is 2.99. The lowest BCUT2D eigenvalue weighted by Crippen LogP contribution is -1.85. The number of aliphatic hydroxyl groups is 1. The van der Waals surface area contributed by atoms with Gasteiger partial charge in [-0.05, 0) is 25.5 Å². The first-order valence-corrected chi connectivity index (χ1v) is 5.42. The quantitative estimate of drug-likeness (QED) is 0.882. The van der Waals surface area contributed by atoms with Crippen molar-refractivity contribution in [2.24, 2.45) is 0 Å². The number of rotatable bonds is 2. The summed E-state index contributed by atoms with van der Waals surface area (Å²) in [5.74, 6) is 0.739. The van der Waals surface area contributed by atoms with Gasteiger partial charge in [-0.2, -0.15) is 0 Å². The Morgan fingerprint density at radius 3 is 2.59 bits per heavy atom. The highest BCUT2D eigenvalue weighted by Gasteiger charge is 2.08. The number of aromatic nitrogens is 2. The lowest BCUT2D eigenvalue weighted by molar-refractivity contribution is 0.276. The number of H-pyrrole nitrogens is 1. The Bertz CT molecular complexity index is 523. The molecule has 0 unspecified atom stereocenters. The number of aryl methyl sites for hydroxylation is 2. The number of nitrogens with one attached hydrogen (secondary N) is 1. The lowest BCUT2D eigenvalue weighted by atomic mass is 10.1. The summed E-state index contributed by atoms with van der Waals surface area (Å²) in [7, 11) is 0. The van der Waals surface area contributed by atoms with Gasteiger partial charge in [-0.3, -0.25) is 0 Å². The molecule has 0 fully saturated rings. The Kier molecular flexibility index (Phi) is 4.57. The first-order chi connectivity index (χ1) is 7.61. The molecule has 17 heavy (non-hydrogen) atoms. The minimum atomic E-state index is -0.0536. The fourth-order valence-electron chi connectivity index (χ4n) is 1.53. The molecule has 5 heteroatoms. The Balaban J connectivity index is 0.00000144. The fraction of sp³-hybridized carbons (Fsp3) is 0.250. The number of halogens is 2. The molecule has 0 bridgehead atoms. The normalized spacial score (nSPS) is 10.1. The van der Waals surface area contributed by atoms with Crippen molar-refractivity contribution in [1.82, 2.24) is 9.97 Å². The second-order valence-corrected chi connectivity index (χ2v) is 4.19. The second kappa shape index (κ2) is 5.54. The van der Waals surface area contributed by atoms with Gasteiger partial charge >= 0.3 is 0 Å². The Morgan fingerprint density at radius 1 is 1.35 bits per heavy atom. The van der Waals surface area contributed by atoms with E-state index in [1.165, 1.54) is 0 Å². The summed E-state index contributed by atoms with van der Waals surface area (Å²) in [5, 5.41) is 9.79. The molecule has 0 aliphatic rings. The molecule has 0 aliphatic heterocycles. The zero-order valence-electron chi connectivity index (χ0n) is 9.62. The van der Waals surface area contributed by atoms with Crippen molar-refractivity contribution in [3.63, 3.8) is 0 Å². The highest BCUT2D eigenvalue weighted by Crippen LogP contribution is 2.24. The molecular formula is C12H14Cl2N2O. The molecule has 1 aromatic heterocycles. The average molecular weight is 273 g/mol. The average Bonchev–Trinajstić information content (AvgIpc) is 2.64. The van der Waals surface area contributed by atoms with Gasteiger partial charge in [0.15, 0.2) is 0 Å². The van der Waals surface area contributed by atoms with Crippen LogP contribution in [0.2, 0.25) is 5.02 Å². The Hall–Kier alpha value is -1.03. The van der Waals surface area contributed by atoms with E-state index < -0.39 is 0 Å². The molecule has 0 aliphatic carbocycles. The van der Waals surface area contributed by atoms with Crippen LogP contribution in [0, 0.1) is 13.8 Å². The minimum Gasteiger partial charge on any atom is -0.390 e. The van der Waals surface area contributed by atoms with Gasteiger partial charge in [0.25, 0.3) is 0 Å². The van der Waals surface area contributed by atoms with E-state index in [0.29, 0.717) is 5.69 Å². The van der Waals surface area contributed by atoms with Crippen LogP contribution in [-0.4, -0.2) is 15.1 Å². The number of imidazole rings is 1. The summed E-state index contributed by atoms with van der Waals surface area (Å²) in [4.78, 5) is 7.43. The van der Waals surface area contributed by atoms with Gasteiger partial charge < -0.3 is 10.1 Å². The van der Waals surface area contributed by atoms with Crippen LogP contribution in [0.4, 0.5) is 0 Å². The maximum absolute atomic E-state index is 9.07. The summed E-state index contributed by atoms with van der Waals surface area (Å²) in [6.45, 7) is 3.79. The summed E-state index contributed by atoms with van der Waals surface area (Å²) in [6.07, 6.45) is 0.